The van der Waals surface area contributed by atoms with E-state index in [1.165, 1.54) is 0 Å². The minimum Gasteiger partial charge on any atom is -0.497 e. The van der Waals surface area contributed by atoms with Crippen LogP contribution in [0.3, 0.4) is 0 Å². The summed E-state index contributed by atoms with van der Waals surface area (Å²) in [7, 11) is 1.63. The van der Waals surface area contributed by atoms with E-state index >= 15 is 0 Å². The van der Waals surface area contributed by atoms with Gasteiger partial charge in [0, 0.05) is 25.9 Å². The predicted octanol–water partition coefficient (Wildman–Crippen LogP) is 3.25. The molecule has 6 heteroatoms. The van der Waals surface area contributed by atoms with Gasteiger partial charge < -0.3 is 14.4 Å². The summed E-state index contributed by atoms with van der Waals surface area (Å²) in [6.07, 6.45) is 3.69. The number of methoxy groups -OCH3 is 1. The number of benzene rings is 2. The molecule has 0 aliphatic carbocycles. The first-order valence-corrected chi connectivity index (χ1v) is 9.50. The summed E-state index contributed by atoms with van der Waals surface area (Å²) in [6, 6.07) is 15.4. The molecule has 28 heavy (non-hydrogen) atoms. The van der Waals surface area contributed by atoms with Crippen LogP contribution >= 0.6 is 0 Å². The van der Waals surface area contributed by atoms with Crippen LogP contribution in [0, 0.1) is 0 Å². The van der Waals surface area contributed by atoms with Crippen LogP contribution in [0.5, 0.6) is 11.6 Å². The first kappa shape index (κ1) is 18.2. The average Bonchev–Trinajstić information content (AvgIpc) is 2.74. The molecule has 0 N–H and O–H groups in total. The number of para-hydroxylation sites is 2. The molecule has 1 fully saturated rings. The summed E-state index contributed by atoms with van der Waals surface area (Å²) in [5.74, 6) is 1.45. The van der Waals surface area contributed by atoms with E-state index in [-0.39, 0.29) is 12.0 Å². The van der Waals surface area contributed by atoms with Gasteiger partial charge >= 0.3 is 0 Å². The standard InChI is InChI=1S/C22H23N3O3/c1-27-18-6-4-5-16(13-18)14-22(26)25-11-9-17(10-12-25)28-21-15-23-19-7-2-3-8-20(19)24-21/h2-8,13,15,17H,9-12,14H2,1H3. The summed E-state index contributed by atoms with van der Waals surface area (Å²) in [6.45, 7) is 1.38. The first-order chi connectivity index (χ1) is 13.7. The number of amides is 1. The van der Waals surface area contributed by atoms with E-state index in [1.807, 2.05) is 53.4 Å². The minimum absolute atomic E-state index is 0.0522. The lowest BCUT2D eigenvalue weighted by atomic mass is 10.1. The van der Waals surface area contributed by atoms with Crippen molar-refractivity contribution in [2.45, 2.75) is 25.4 Å². The summed E-state index contributed by atoms with van der Waals surface area (Å²) >= 11 is 0. The summed E-state index contributed by atoms with van der Waals surface area (Å²) in [4.78, 5) is 23.4. The van der Waals surface area contributed by atoms with E-state index in [0.29, 0.717) is 25.4 Å². The SMILES string of the molecule is COc1cccc(CC(=O)N2CCC(Oc3cnc4ccccc4n3)CC2)c1. The molecule has 0 radical (unpaired) electrons. The molecule has 0 atom stereocenters. The lowest BCUT2D eigenvalue weighted by Crippen LogP contribution is -2.42. The first-order valence-electron chi connectivity index (χ1n) is 9.50. The van der Waals surface area contributed by atoms with Crippen molar-refractivity contribution in [2.75, 3.05) is 20.2 Å². The minimum atomic E-state index is 0.0522. The monoisotopic (exact) mass is 377 g/mol. The number of carbonyl (C=O) groups excluding carboxylic acids is 1. The number of likely N-dealkylation sites (tertiary alicyclic amines) is 1. The molecule has 1 aromatic heterocycles. The number of ether oxygens (including phenoxy) is 2. The quantitative estimate of drug-likeness (QED) is 0.683. The Morgan fingerprint density at radius 3 is 2.68 bits per heavy atom. The smallest absolute Gasteiger partial charge is 0.233 e. The van der Waals surface area contributed by atoms with Crippen LogP contribution in [0.25, 0.3) is 11.0 Å². The van der Waals surface area contributed by atoms with Gasteiger partial charge in [-0.25, -0.2) is 9.97 Å². The number of fused-ring (bicyclic) bond motifs is 1. The summed E-state index contributed by atoms with van der Waals surface area (Å²) < 4.78 is 11.2. The Balaban J connectivity index is 1.31. The second kappa shape index (κ2) is 8.25. The molecular formula is C22H23N3O3. The van der Waals surface area contributed by atoms with Gasteiger partial charge in [0.1, 0.15) is 11.9 Å². The normalized spacial score (nSPS) is 14.8. The second-order valence-electron chi connectivity index (χ2n) is 6.92. The third-order valence-corrected chi connectivity index (χ3v) is 5.00. The topological polar surface area (TPSA) is 64.5 Å². The molecule has 3 aromatic rings. The summed E-state index contributed by atoms with van der Waals surface area (Å²) in [5.41, 5.74) is 2.65. The Kier molecular flexibility index (Phi) is 5.37. The molecule has 1 aliphatic heterocycles. The number of hydrogen-bond donors (Lipinski definition) is 0. The van der Waals surface area contributed by atoms with Crippen LogP contribution in [0.1, 0.15) is 18.4 Å². The van der Waals surface area contributed by atoms with Gasteiger partial charge in [0.15, 0.2) is 0 Å². The molecule has 1 aliphatic rings. The number of nitrogens with zero attached hydrogens (tertiary/aromatic N) is 3. The Labute approximate surface area is 164 Å². The van der Waals surface area contributed by atoms with Gasteiger partial charge in [-0.05, 0) is 29.8 Å². The number of rotatable bonds is 5. The van der Waals surface area contributed by atoms with Crippen molar-refractivity contribution >= 4 is 16.9 Å². The molecule has 1 saturated heterocycles. The van der Waals surface area contributed by atoms with Crippen molar-refractivity contribution in [2.24, 2.45) is 0 Å². The van der Waals surface area contributed by atoms with Gasteiger partial charge in [-0.15, -0.1) is 0 Å². The van der Waals surface area contributed by atoms with Gasteiger partial charge in [0.05, 0.1) is 30.8 Å². The molecule has 6 nitrogen and oxygen atoms in total. The molecule has 2 heterocycles. The van der Waals surface area contributed by atoms with Gasteiger partial charge in [-0.3, -0.25) is 4.79 Å². The Bertz CT molecular complexity index is 968. The van der Waals surface area contributed by atoms with E-state index in [2.05, 4.69) is 9.97 Å². The van der Waals surface area contributed by atoms with Crippen molar-refractivity contribution in [3.63, 3.8) is 0 Å². The number of hydrogen-bond acceptors (Lipinski definition) is 5. The highest BCUT2D eigenvalue weighted by molar-refractivity contribution is 5.79. The fourth-order valence-corrected chi connectivity index (χ4v) is 3.46. The zero-order valence-electron chi connectivity index (χ0n) is 15.9. The fourth-order valence-electron chi connectivity index (χ4n) is 3.46. The van der Waals surface area contributed by atoms with Crippen LogP contribution < -0.4 is 9.47 Å². The van der Waals surface area contributed by atoms with E-state index in [1.54, 1.807) is 13.3 Å². The van der Waals surface area contributed by atoms with Crippen LogP contribution in [-0.4, -0.2) is 47.1 Å². The van der Waals surface area contributed by atoms with Crippen LogP contribution in [0.15, 0.2) is 54.7 Å². The largest absolute Gasteiger partial charge is 0.497 e. The van der Waals surface area contributed by atoms with Gasteiger partial charge in [-0.1, -0.05) is 24.3 Å². The zero-order valence-corrected chi connectivity index (χ0v) is 15.9. The van der Waals surface area contributed by atoms with Crippen molar-refractivity contribution in [1.82, 2.24) is 14.9 Å². The maximum atomic E-state index is 12.6. The maximum Gasteiger partial charge on any atom is 0.233 e. The van der Waals surface area contributed by atoms with Crippen LogP contribution in [-0.2, 0) is 11.2 Å². The molecule has 0 saturated carbocycles. The lowest BCUT2D eigenvalue weighted by molar-refractivity contribution is -0.132. The molecule has 1 amide bonds. The van der Waals surface area contributed by atoms with E-state index in [0.717, 1.165) is 35.2 Å². The molecule has 2 aromatic carbocycles. The summed E-state index contributed by atoms with van der Waals surface area (Å²) in [5, 5.41) is 0. The Morgan fingerprint density at radius 2 is 1.89 bits per heavy atom. The van der Waals surface area contributed by atoms with E-state index in [9.17, 15) is 4.79 Å². The zero-order chi connectivity index (χ0) is 19.3. The Hall–Kier alpha value is -3.15. The van der Waals surface area contributed by atoms with Gasteiger partial charge in [-0.2, -0.15) is 0 Å². The molecule has 0 spiro atoms. The Morgan fingerprint density at radius 1 is 1.11 bits per heavy atom. The molecule has 144 valence electrons. The maximum absolute atomic E-state index is 12.6. The van der Waals surface area contributed by atoms with Crippen molar-refractivity contribution < 1.29 is 14.3 Å². The van der Waals surface area contributed by atoms with E-state index in [4.69, 9.17) is 9.47 Å². The highest BCUT2D eigenvalue weighted by Crippen LogP contribution is 2.20. The van der Waals surface area contributed by atoms with Crippen LogP contribution in [0.4, 0.5) is 0 Å². The number of piperidine rings is 1. The number of carbonyl (C=O) groups is 1. The third kappa shape index (κ3) is 4.22. The van der Waals surface area contributed by atoms with Crippen molar-refractivity contribution in [3.05, 3.63) is 60.3 Å². The lowest BCUT2D eigenvalue weighted by Gasteiger charge is -2.32. The highest BCUT2D eigenvalue weighted by Gasteiger charge is 2.24. The van der Waals surface area contributed by atoms with Crippen LogP contribution in [0.2, 0.25) is 0 Å². The molecular weight excluding hydrogens is 354 g/mol. The highest BCUT2D eigenvalue weighted by atomic mass is 16.5. The number of aromatic nitrogens is 2. The van der Waals surface area contributed by atoms with Gasteiger partial charge in [0.2, 0.25) is 11.8 Å². The van der Waals surface area contributed by atoms with E-state index < -0.39 is 0 Å². The van der Waals surface area contributed by atoms with Crippen molar-refractivity contribution in [3.8, 4) is 11.6 Å². The molecule has 0 bridgehead atoms. The molecule has 4 rings (SSSR count). The third-order valence-electron chi connectivity index (χ3n) is 5.00. The van der Waals surface area contributed by atoms with Gasteiger partial charge in [0.25, 0.3) is 0 Å². The molecule has 0 unspecified atom stereocenters. The average molecular weight is 377 g/mol. The second-order valence-corrected chi connectivity index (χ2v) is 6.92. The predicted molar refractivity (Wildman–Crippen MR) is 106 cm³/mol. The van der Waals surface area contributed by atoms with Crippen molar-refractivity contribution in [1.29, 1.82) is 0 Å². The fraction of sp³-hybridized carbons (Fsp3) is 0.318.